The molecule has 8 rings (SSSR count). The van der Waals surface area contributed by atoms with Crippen LogP contribution >= 0.6 is 0 Å². The molecule has 334 valence electrons. The fourth-order valence-electron chi connectivity index (χ4n) is 10.7. The van der Waals surface area contributed by atoms with Gasteiger partial charge in [0, 0.05) is 43.5 Å². The number of aromatic nitrogens is 4. The van der Waals surface area contributed by atoms with Crippen LogP contribution in [0.3, 0.4) is 0 Å². The van der Waals surface area contributed by atoms with E-state index in [1.807, 2.05) is 24.0 Å². The molecule has 3 aliphatic rings. The molecule has 63 heavy (non-hydrogen) atoms. The zero-order valence-electron chi connectivity index (χ0n) is 37.8. The first-order valence-corrected chi connectivity index (χ1v) is 24.3. The number of nitrogens with zero attached hydrogens (tertiary/aromatic N) is 6. The van der Waals surface area contributed by atoms with Crippen molar-refractivity contribution in [1.82, 2.24) is 24.8 Å². The molecule has 0 saturated carbocycles. The molecule has 3 atom stereocenters. The summed E-state index contributed by atoms with van der Waals surface area (Å²) in [5.74, 6) is 3.34. The van der Waals surface area contributed by atoms with E-state index in [1.165, 1.54) is 13.2 Å². The first-order chi connectivity index (χ1) is 30.2. The number of rotatable bonds is 13. The van der Waals surface area contributed by atoms with E-state index < -0.39 is 19.7 Å². The number of pyridine rings is 2. The smallest absolute Gasteiger partial charge is 0.319 e. The Kier molecular flexibility index (Phi) is 12.6. The molecule has 0 aliphatic carbocycles. The minimum atomic E-state index is -2.33. The second-order valence-electron chi connectivity index (χ2n) is 18.1. The molecule has 2 N–H and O–H groups in total. The standard InChI is InChI=1S/C48H59F2N7O5Si/c1-28(2)63(29(3)4,30(5)6)21-15-36-38(49)14-13-32-22-33(62-27-58-8)23-37(39(32)36)42-41(50)43-40-45(55-47(54-43)61-26-48-16-11-18-56(48)25-34(24-48)59-9)57(19-20-60-46(40)53-42)31(7)35-12-10-17-52-44(35)51/h10,12-14,17,22-23,28-31,34H,11,16,18-20,24-27H2,1-9H3,(H2,51,52)/t31?,34-,48+/m1/s1. The highest BCUT2D eigenvalue weighted by Gasteiger charge is 2.49. The summed E-state index contributed by atoms with van der Waals surface area (Å²) in [6.45, 7) is 17.8. The van der Waals surface area contributed by atoms with E-state index in [9.17, 15) is 0 Å². The van der Waals surface area contributed by atoms with Crippen molar-refractivity contribution in [3.63, 3.8) is 0 Å². The summed E-state index contributed by atoms with van der Waals surface area (Å²) in [7, 11) is 0.929. The molecule has 3 aliphatic heterocycles. The van der Waals surface area contributed by atoms with E-state index in [0.717, 1.165) is 37.9 Å². The van der Waals surface area contributed by atoms with Gasteiger partial charge in [-0.25, -0.2) is 18.7 Å². The highest BCUT2D eigenvalue weighted by atomic mass is 28.3. The van der Waals surface area contributed by atoms with Crippen molar-refractivity contribution in [2.24, 2.45) is 0 Å². The van der Waals surface area contributed by atoms with Crippen LogP contribution < -0.4 is 24.8 Å². The number of methoxy groups -OCH3 is 2. The molecule has 0 radical (unpaired) electrons. The maximum atomic E-state index is 18.1. The molecule has 2 saturated heterocycles. The number of ether oxygens (including phenoxy) is 5. The number of hydrogen-bond donors (Lipinski definition) is 1. The van der Waals surface area contributed by atoms with Crippen molar-refractivity contribution in [3.05, 3.63) is 65.4 Å². The van der Waals surface area contributed by atoms with E-state index in [1.54, 1.807) is 31.5 Å². The Morgan fingerprint density at radius 2 is 1.75 bits per heavy atom. The van der Waals surface area contributed by atoms with E-state index >= 15 is 8.78 Å². The predicted octanol–water partition coefficient (Wildman–Crippen LogP) is 9.24. The summed E-state index contributed by atoms with van der Waals surface area (Å²) in [6.07, 6.45) is 4.50. The molecule has 0 bridgehead atoms. The van der Waals surface area contributed by atoms with Crippen molar-refractivity contribution in [2.45, 2.75) is 102 Å². The van der Waals surface area contributed by atoms with E-state index in [-0.39, 0.29) is 70.7 Å². The zero-order chi connectivity index (χ0) is 44.8. The van der Waals surface area contributed by atoms with Crippen molar-refractivity contribution in [3.8, 4) is 40.4 Å². The lowest BCUT2D eigenvalue weighted by molar-refractivity contribution is 0.0512. The highest BCUT2D eigenvalue weighted by molar-refractivity contribution is 6.90. The Bertz CT molecular complexity index is 2560. The third kappa shape index (κ3) is 7.93. The van der Waals surface area contributed by atoms with Crippen molar-refractivity contribution < 1.29 is 32.5 Å². The lowest BCUT2D eigenvalue weighted by Gasteiger charge is -2.38. The molecule has 5 aromatic rings. The van der Waals surface area contributed by atoms with Gasteiger partial charge in [0.05, 0.1) is 29.8 Å². The third-order valence-electron chi connectivity index (χ3n) is 13.8. The fraction of sp³-hybridized carbons (Fsp3) is 0.500. The van der Waals surface area contributed by atoms with E-state index in [2.05, 4.69) is 62.9 Å². The topological polar surface area (TPSA) is 130 Å². The fourth-order valence-corrected chi connectivity index (χ4v) is 15.9. The average Bonchev–Trinajstić information content (AvgIpc) is 3.75. The van der Waals surface area contributed by atoms with Gasteiger partial charge in [-0.15, -0.1) is 5.54 Å². The largest absolute Gasteiger partial charge is 0.475 e. The summed E-state index contributed by atoms with van der Waals surface area (Å²) < 4.78 is 64.5. The van der Waals surface area contributed by atoms with Crippen molar-refractivity contribution in [2.75, 3.05) is 64.5 Å². The zero-order valence-corrected chi connectivity index (χ0v) is 38.8. The number of fused-ring (bicyclic) bond motifs is 2. The van der Waals surface area contributed by atoms with Crippen LogP contribution in [-0.2, 0) is 9.47 Å². The number of nitrogens with two attached hydrogens (primary N) is 1. The monoisotopic (exact) mass is 879 g/mol. The Labute approximate surface area is 369 Å². The number of benzene rings is 2. The van der Waals surface area contributed by atoms with Crippen LogP contribution in [0.2, 0.25) is 16.6 Å². The Morgan fingerprint density at radius 1 is 0.968 bits per heavy atom. The van der Waals surface area contributed by atoms with Crippen molar-refractivity contribution in [1.29, 1.82) is 0 Å². The van der Waals surface area contributed by atoms with Crippen LogP contribution in [0, 0.1) is 23.1 Å². The number of anilines is 2. The molecule has 2 aromatic carbocycles. The Balaban J connectivity index is 1.37. The number of nitrogen functional groups attached to an aromatic ring is 1. The van der Waals surface area contributed by atoms with Gasteiger partial charge in [0.2, 0.25) is 5.88 Å². The molecule has 3 aromatic heterocycles. The first-order valence-electron chi connectivity index (χ1n) is 22.1. The van der Waals surface area contributed by atoms with Gasteiger partial charge in [-0.1, -0.05) is 59.6 Å². The SMILES string of the molecule is COCOc1cc(-c2nc3c4c(nc(OC[C@@]56CCCN5C[C@H](OC)C6)nc4c2F)N(C(C)c2cccnc2N)CCO3)c2c(C#C[Si](C(C)C)(C(C)C)C(C)C)c(F)ccc2c1. The lowest BCUT2D eigenvalue weighted by atomic mass is 9.94. The highest BCUT2D eigenvalue weighted by Crippen LogP contribution is 2.46. The molecule has 2 fully saturated rings. The van der Waals surface area contributed by atoms with Gasteiger partial charge in [-0.05, 0) is 79.0 Å². The van der Waals surface area contributed by atoms with Crippen LogP contribution in [0.15, 0.2) is 42.6 Å². The van der Waals surface area contributed by atoms with Gasteiger partial charge in [-0.3, -0.25) is 4.90 Å². The normalized spacial score (nSPS) is 19.4. The molecule has 6 heterocycles. The van der Waals surface area contributed by atoms with Crippen LogP contribution in [0.25, 0.3) is 32.9 Å². The van der Waals surface area contributed by atoms with Gasteiger partial charge in [-0.2, -0.15) is 9.97 Å². The minimum absolute atomic E-state index is 0.0110. The van der Waals surface area contributed by atoms with Crippen molar-refractivity contribution >= 4 is 41.4 Å². The minimum Gasteiger partial charge on any atom is -0.475 e. The Morgan fingerprint density at radius 3 is 2.46 bits per heavy atom. The van der Waals surface area contributed by atoms with Crippen LogP contribution in [0.1, 0.15) is 84.9 Å². The lowest BCUT2D eigenvalue weighted by Crippen LogP contribution is -2.43. The van der Waals surface area contributed by atoms with Gasteiger partial charge in [0.15, 0.2) is 12.6 Å². The third-order valence-corrected chi connectivity index (χ3v) is 20.1. The second kappa shape index (κ2) is 17.8. The predicted molar refractivity (Wildman–Crippen MR) is 245 cm³/mol. The van der Waals surface area contributed by atoms with Crippen LogP contribution in [0.5, 0.6) is 17.6 Å². The molecule has 12 nitrogen and oxygen atoms in total. The average molecular weight is 880 g/mol. The van der Waals surface area contributed by atoms with Crippen LogP contribution in [0.4, 0.5) is 20.4 Å². The molecular weight excluding hydrogens is 821 g/mol. The van der Waals surface area contributed by atoms with Gasteiger partial charge in [0.25, 0.3) is 0 Å². The Hall–Kier alpha value is -5.14. The quantitative estimate of drug-likeness (QED) is 0.0688. The molecule has 15 heteroatoms. The summed E-state index contributed by atoms with van der Waals surface area (Å²) >= 11 is 0. The maximum absolute atomic E-state index is 18.1. The van der Waals surface area contributed by atoms with E-state index in [4.69, 9.17) is 44.4 Å². The van der Waals surface area contributed by atoms with Crippen LogP contribution in [-0.4, -0.2) is 98.4 Å². The molecule has 1 unspecified atom stereocenters. The summed E-state index contributed by atoms with van der Waals surface area (Å²) in [4.78, 5) is 23.5. The van der Waals surface area contributed by atoms with Gasteiger partial charge < -0.3 is 34.3 Å². The molecule has 0 amide bonds. The molecule has 0 spiro atoms. The molecular formula is C48H59F2N7O5Si. The van der Waals surface area contributed by atoms with Gasteiger partial charge >= 0.3 is 6.01 Å². The summed E-state index contributed by atoms with van der Waals surface area (Å²) in [5, 5.41) is 1.27. The second-order valence-corrected chi connectivity index (χ2v) is 23.7. The first kappa shape index (κ1) is 44.5. The maximum Gasteiger partial charge on any atom is 0.319 e. The summed E-state index contributed by atoms with van der Waals surface area (Å²) in [6, 6.07) is 9.89. The van der Waals surface area contributed by atoms with E-state index in [0.29, 0.717) is 57.9 Å². The van der Waals surface area contributed by atoms with Gasteiger partial charge in [0.1, 0.15) is 61.1 Å². The summed E-state index contributed by atoms with van der Waals surface area (Å²) in [5.41, 5.74) is 11.8. The number of hydrogen-bond acceptors (Lipinski definition) is 12. The number of halogens is 2.